The van der Waals surface area contributed by atoms with Gasteiger partial charge >= 0.3 is 11.9 Å². The molecule has 0 bridgehead atoms. The summed E-state index contributed by atoms with van der Waals surface area (Å²) >= 11 is 0. The fourth-order valence-corrected chi connectivity index (χ4v) is 1.87. The van der Waals surface area contributed by atoms with Gasteiger partial charge in [-0.1, -0.05) is 5.16 Å². The van der Waals surface area contributed by atoms with E-state index in [1.807, 2.05) is 30.5 Å². The number of hydrogen-bond donors (Lipinski definition) is 4. The number of oxime groups is 1. The van der Waals surface area contributed by atoms with Gasteiger partial charge in [-0.3, -0.25) is 0 Å². The molecule has 0 saturated heterocycles. The standard InChI is InChI=1S/C14H17N3O2.C4H4O4/c1-11(17-18)12-4-6-14(7-5-12)19-8-2-3-13-9-15-10-16-13;5-3(6)1-2-4(7)8/h4-7,9-10,18H,2-3,8H2,1H3,(H,15,16);1-2H,(H,5,6)(H,7,8)/b17-11+;2-1-. The van der Waals surface area contributed by atoms with Crippen molar-refractivity contribution in [3.8, 4) is 5.75 Å². The quantitative estimate of drug-likeness (QED) is 0.182. The van der Waals surface area contributed by atoms with Crippen LogP contribution in [0.25, 0.3) is 0 Å². The maximum atomic E-state index is 9.55. The van der Waals surface area contributed by atoms with E-state index < -0.39 is 11.9 Å². The van der Waals surface area contributed by atoms with E-state index in [2.05, 4.69) is 15.1 Å². The number of aryl methyl sites for hydroxylation is 1. The van der Waals surface area contributed by atoms with Crippen molar-refractivity contribution < 1.29 is 29.7 Å². The maximum Gasteiger partial charge on any atom is 0.328 e. The van der Waals surface area contributed by atoms with Crippen LogP contribution >= 0.6 is 0 Å². The summed E-state index contributed by atoms with van der Waals surface area (Å²) in [6.45, 7) is 2.41. The summed E-state index contributed by atoms with van der Waals surface area (Å²) in [7, 11) is 0. The van der Waals surface area contributed by atoms with Crippen molar-refractivity contribution >= 4 is 17.7 Å². The minimum Gasteiger partial charge on any atom is -0.494 e. The van der Waals surface area contributed by atoms with E-state index in [0.717, 1.165) is 29.8 Å². The van der Waals surface area contributed by atoms with Crippen LogP contribution in [0.5, 0.6) is 5.75 Å². The number of carbonyl (C=O) groups is 2. The summed E-state index contributed by atoms with van der Waals surface area (Å²) in [6, 6.07) is 7.50. The molecule has 0 amide bonds. The van der Waals surface area contributed by atoms with Crippen LogP contribution in [0, 0.1) is 0 Å². The first-order chi connectivity index (χ1) is 12.9. The zero-order valence-electron chi connectivity index (χ0n) is 14.7. The Balaban J connectivity index is 0.000000387. The van der Waals surface area contributed by atoms with Crippen molar-refractivity contribution in [1.29, 1.82) is 0 Å². The molecule has 0 atom stereocenters. The van der Waals surface area contributed by atoms with E-state index in [1.54, 1.807) is 13.3 Å². The maximum absolute atomic E-state index is 9.55. The van der Waals surface area contributed by atoms with Crippen molar-refractivity contribution in [2.45, 2.75) is 19.8 Å². The third-order valence-corrected chi connectivity index (χ3v) is 3.20. The highest BCUT2D eigenvalue weighted by Gasteiger charge is 1.99. The summed E-state index contributed by atoms with van der Waals surface area (Å²) in [5.41, 5.74) is 2.59. The highest BCUT2D eigenvalue weighted by atomic mass is 16.5. The van der Waals surface area contributed by atoms with E-state index >= 15 is 0 Å². The summed E-state index contributed by atoms with van der Waals surface area (Å²) in [4.78, 5) is 26.1. The van der Waals surface area contributed by atoms with Gasteiger partial charge < -0.3 is 25.1 Å². The molecule has 0 saturated carbocycles. The van der Waals surface area contributed by atoms with Crippen LogP contribution in [0.2, 0.25) is 0 Å². The second kappa shape index (κ2) is 11.9. The van der Waals surface area contributed by atoms with Crippen LogP contribution < -0.4 is 4.74 Å². The molecular weight excluding hydrogens is 354 g/mol. The summed E-state index contributed by atoms with van der Waals surface area (Å²) in [5.74, 6) is -1.70. The largest absolute Gasteiger partial charge is 0.494 e. The second-order valence-corrected chi connectivity index (χ2v) is 5.25. The lowest BCUT2D eigenvalue weighted by Crippen LogP contribution is -2.00. The number of nitrogens with one attached hydrogen (secondary N) is 1. The van der Waals surface area contributed by atoms with Gasteiger partial charge in [0.15, 0.2) is 0 Å². The normalized spacial score (nSPS) is 10.9. The monoisotopic (exact) mass is 375 g/mol. The molecule has 9 nitrogen and oxygen atoms in total. The highest BCUT2D eigenvalue weighted by Crippen LogP contribution is 2.13. The zero-order chi connectivity index (χ0) is 20.1. The zero-order valence-corrected chi connectivity index (χ0v) is 14.7. The number of nitrogens with zero attached hydrogens (tertiary/aromatic N) is 2. The van der Waals surface area contributed by atoms with Crippen molar-refractivity contribution in [2.75, 3.05) is 6.61 Å². The van der Waals surface area contributed by atoms with E-state index in [9.17, 15) is 9.59 Å². The molecule has 0 aliphatic carbocycles. The molecule has 1 heterocycles. The molecule has 27 heavy (non-hydrogen) atoms. The van der Waals surface area contributed by atoms with Crippen LogP contribution in [0.3, 0.4) is 0 Å². The number of aromatic amines is 1. The van der Waals surface area contributed by atoms with Gasteiger partial charge in [-0.15, -0.1) is 0 Å². The molecule has 0 radical (unpaired) electrons. The molecule has 2 aromatic rings. The number of ether oxygens (including phenoxy) is 1. The summed E-state index contributed by atoms with van der Waals surface area (Å²) < 4.78 is 5.64. The fourth-order valence-electron chi connectivity index (χ4n) is 1.87. The van der Waals surface area contributed by atoms with Crippen LogP contribution in [0.15, 0.2) is 54.1 Å². The Morgan fingerprint density at radius 2 is 1.81 bits per heavy atom. The van der Waals surface area contributed by atoms with Crippen LogP contribution in [0.1, 0.15) is 24.6 Å². The predicted octanol–water partition coefficient (Wildman–Crippen LogP) is 2.33. The molecule has 0 unspecified atom stereocenters. The van der Waals surface area contributed by atoms with Gasteiger partial charge in [-0.2, -0.15) is 0 Å². The highest BCUT2D eigenvalue weighted by molar-refractivity contribution is 5.98. The first kappa shape index (κ1) is 21.4. The number of aliphatic carboxylic acids is 2. The summed E-state index contributed by atoms with van der Waals surface area (Å²) in [6.07, 6.45) is 6.48. The van der Waals surface area contributed by atoms with Crippen LogP contribution in [-0.2, 0) is 16.0 Å². The molecule has 0 aliphatic heterocycles. The Morgan fingerprint density at radius 1 is 1.19 bits per heavy atom. The van der Waals surface area contributed by atoms with Gasteiger partial charge in [-0.25, -0.2) is 14.6 Å². The molecule has 144 valence electrons. The molecule has 0 spiro atoms. The fraction of sp³-hybridized carbons (Fsp3) is 0.222. The molecule has 4 N–H and O–H groups in total. The number of carboxylic acid groups (broad SMARTS) is 2. The van der Waals surface area contributed by atoms with Gasteiger partial charge in [0.25, 0.3) is 0 Å². The van der Waals surface area contributed by atoms with E-state index in [1.165, 1.54) is 0 Å². The minimum absolute atomic E-state index is 0.558. The lowest BCUT2D eigenvalue weighted by molar-refractivity contribution is -0.134. The average molecular weight is 375 g/mol. The predicted molar refractivity (Wildman–Crippen MR) is 97.3 cm³/mol. The number of imidazole rings is 1. The number of hydrogen-bond acceptors (Lipinski definition) is 6. The molecule has 9 heteroatoms. The third kappa shape index (κ3) is 9.44. The smallest absolute Gasteiger partial charge is 0.328 e. The SMILES string of the molecule is C/C(=N\O)c1ccc(OCCCc2cnc[nH]2)cc1.O=C(O)/C=C\C(=O)O. The van der Waals surface area contributed by atoms with Crippen LogP contribution in [0.4, 0.5) is 0 Å². The number of aromatic nitrogens is 2. The Labute approximate surface area is 155 Å². The second-order valence-electron chi connectivity index (χ2n) is 5.25. The van der Waals surface area contributed by atoms with Crippen molar-refractivity contribution in [2.24, 2.45) is 5.16 Å². The average Bonchev–Trinajstić information content (AvgIpc) is 3.17. The Hall–Kier alpha value is -3.62. The number of carboxylic acids is 2. The van der Waals surface area contributed by atoms with Crippen LogP contribution in [-0.4, -0.2) is 49.6 Å². The molecule has 1 aromatic carbocycles. The number of benzene rings is 1. The van der Waals surface area contributed by atoms with Crippen molar-refractivity contribution in [1.82, 2.24) is 9.97 Å². The van der Waals surface area contributed by atoms with Crippen molar-refractivity contribution in [3.63, 3.8) is 0 Å². The van der Waals surface area contributed by atoms with E-state index in [0.29, 0.717) is 24.5 Å². The molecule has 2 rings (SSSR count). The van der Waals surface area contributed by atoms with Gasteiger partial charge in [-0.05, 0) is 49.6 Å². The number of H-pyrrole nitrogens is 1. The minimum atomic E-state index is -1.26. The molecule has 1 aromatic heterocycles. The van der Waals surface area contributed by atoms with Gasteiger partial charge in [0.1, 0.15) is 5.75 Å². The Kier molecular flexibility index (Phi) is 9.40. The van der Waals surface area contributed by atoms with E-state index in [-0.39, 0.29) is 0 Å². The van der Waals surface area contributed by atoms with Gasteiger partial charge in [0, 0.05) is 24.0 Å². The lowest BCUT2D eigenvalue weighted by atomic mass is 10.1. The Morgan fingerprint density at radius 3 is 2.30 bits per heavy atom. The third-order valence-electron chi connectivity index (χ3n) is 3.20. The summed E-state index contributed by atoms with van der Waals surface area (Å²) in [5, 5.41) is 27.5. The van der Waals surface area contributed by atoms with Crippen molar-refractivity contribution in [3.05, 3.63) is 60.2 Å². The number of rotatable bonds is 8. The Bertz CT molecular complexity index is 751. The first-order valence-corrected chi connectivity index (χ1v) is 7.95. The molecular formula is C18H21N3O6. The molecule has 0 aliphatic rings. The van der Waals surface area contributed by atoms with E-state index in [4.69, 9.17) is 20.2 Å². The first-order valence-electron chi connectivity index (χ1n) is 7.95. The lowest BCUT2D eigenvalue weighted by Gasteiger charge is -2.06. The van der Waals surface area contributed by atoms with Gasteiger partial charge in [0.2, 0.25) is 0 Å². The molecule has 0 fully saturated rings. The van der Waals surface area contributed by atoms with Gasteiger partial charge in [0.05, 0.1) is 18.6 Å². The topological polar surface area (TPSA) is 145 Å².